The zero-order chi connectivity index (χ0) is 12.6. The summed E-state index contributed by atoms with van der Waals surface area (Å²) in [5.41, 5.74) is 0. The molecule has 0 aliphatic carbocycles. The van der Waals surface area contributed by atoms with Crippen LogP contribution in [0.4, 0.5) is 0 Å². The number of rotatable bonds is 9. The van der Waals surface area contributed by atoms with Crippen LogP contribution in [0.5, 0.6) is 0 Å². The summed E-state index contributed by atoms with van der Waals surface area (Å²) in [4.78, 5) is 10.7. The number of carboxylic acids is 1. The lowest BCUT2D eigenvalue weighted by Gasteiger charge is -2.14. The van der Waals surface area contributed by atoms with Crippen LogP contribution in [0.1, 0.15) is 19.8 Å². The van der Waals surface area contributed by atoms with Gasteiger partial charge in [-0.05, 0) is 6.42 Å². The van der Waals surface area contributed by atoms with Crippen LogP contribution in [-0.4, -0.2) is 45.8 Å². The van der Waals surface area contributed by atoms with Crippen LogP contribution in [0, 0.1) is 0 Å². The molecule has 1 atom stereocenters. The molecule has 16 heavy (non-hydrogen) atoms. The van der Waals surface area contributed by atoms with Crippen LogP contribution in [0.15, 0.2) is 0 Å². The van der Waals surface area contributed by atoms with Gasteiger partial charge in [-0.15, -0.1) is 0 Å². The quantitative estimate of drug-likeness (QED) is 0.472. The highest BCUT2D eigenvalue weighted by Gasteiger charge is 2.22. The fourth-order valence-corrected chi connectivity index (χ4v) is 2.06. The first kappa shape index (κ1) is 15.3. The van der Waals surface area contributed by atoms with Crippen LogP contribution in [-0.2, 0) is 19.7 Å². The highest BCUT2D eigenvalue weighted by molar-refractivity contribution is 7.87. The van der Waals surface area contributed by atoms with Gasteiger partial charge < -0.3 is 9.84 Å². The van der Waals surface area contributed by atoms with Gasteiger partial charge in [0.1, 0.15) is 6.04 Å². The first-order valence-corrected chi connectivity index (χ1v) is 6.40. The van der Waals surface area contributed by atoms with Crippen molar-refractivity contribution in [1.29, 1.82) is 0 Å². The summed E-state index contributed by atoms with van der Waals surface area (Å²) in [6, 6.07) is -1.09. The van der Waals surface area contributed by atoms with E-state index >= 15 is 0 Å². The van der Waals surface area contributed by atoms with Gasteiger partial charge >= 0.3 is 5.97 Å². The average Bonchev–Trinajstić information content (AvgIpc) is 2.17. The minimum atomic E-state index is -3.78. The number of hydrogen-bond acceptors (Lipinski definition) is 4. The third kappa shape index (κ3) is 6.72. The molecule has 8 heteroatoms. The maximum Gasteiger partial charge on any atom is 0.321 e. The molecule has 0 aromatic rings. The van der Waals surface area contributed by atoms with Gasteiger partial charge in [0.25, 0.3) is 10.2 Å². The van der Waals surface area contributed by atoms with Gasteiger partial charge in [-0.2, -0.15) is 17.9 Å². The summed E-state index contributed by atoms with van der Waals surface area (Å²) in [7, 11) is -2.34. The fraction of sp³-hybridized carbons (Fsp3) is 0.875. The number of methoxy groups -OCH3 is 1. The highest BCUT2D eigenvalue weighted by Crippen LogP contribution is 1.98. The minimum absolute atomic E-state index is 0.101. The Balaban J connectivity index is 4.25. The third-order valence-corrected chi connectivity index (χ3v) is 2.95. The molecule has 0 amide bonds. The van der Waals surface area contributed by atoms with Crippen LogP contribution in [0.2, 0.25) is 0 Å². The molecule has 0 saturated carbocycles. The van der Waals surface area contributed by atoms with Crippen molar-refractivity contribution >= 4 is 16.2 Å². The van der Waals surface area contributed by atoms with E-state index in [0.717, 1.165) is 0 Å². The van der Waals surface area contributed by atoms with Gasteiger partial charge in [-0.1, -0.05) is 13.3 Å². The number of ether oxygens (including phenoxy) is 1. The molecule has 0 heterocycles. The Labute approximate surface area is 95.4 Å². The zero-order valence-electron chi connectivity index (χ0n) is 9.39. The summed E-state index contributed by atoms with van der Waals surface area (Å²) in [6.07, 6.45) is 0.831. The minimum Gasteiger partial charge on any atom is -0.480 e. The topological polar surface area (TPSA) is 105 Å². The maximum absolute atomic E-state index is 11.4. The molecule has 0 rings (SSSR count). The summed E-state index contributed by atoms with van der Waals surface area (Å²) in [6.45, 7) is 2.11. The maximum atomic E-state index is 11.4. The van der Waals surface area contributed by atoms with Gasteiger partial charge in [0.05, 0.1) is 6.61 Å². The Morgan fingerprint density at radius 3 is 2.56 bits per heavy atom. The van der Waals surface area contributed by atoms with E-state index in [1.54, 1.807) is 6.92 Å². The number of hydrogen-bond donors (Lipinski definition) is 3. The second-order valence-electron chi connectivity index (χ2n) is 3.19. The smallest absolute Gasteiger partial charge is 0.321 e. The summed E-state index contributed by atoms with van der Waals surface area (Å²) in [5.74, 6) is -1.18. The normalized spacial score (nSPS) is 13.6. The number of nitrogens with one attached hydrogen (secondary N) is 2. The summed E-state index contributed by atoms with van der Waals surface area (Å²) >= 11 is 0. The Kier molecular flexibility index (Phi) is 7.22. The molecule has 0 aliphatic rings. The molecule has 0 aromatic carbocycles. The lowest BCUT2D eigenvalue weighted by molar-refractivity contribution is -0.139. The van der Waals surface area contributed by atoms with Gasteiger partial charge in [0.15, 0.2) is 0 Å². The molecule has 0 aromatic heterocycles. The number of carbonyl (C=O) groups is 1. The monoisotopic (exact) mass is 254 g/mol. The molecule has 0 bridgehead atoms. The zero-order valence-corrected chi connectivity index (χ0v) is 10.2. The van der Waals surface area contributed by atoms with Crippen molar-refractivity contribution in [3.8, 4) is 0 Å². The van der Waals surface area contributed by atoms with Crippen molar-refractivity contribution in [2.24, 2.45) is 0 Å². The van der Waals surface area contributed by atoms with E-state index in [9.17, 15) is 13.2 Å². The Hall–Kier alpha value is -0.700. The van der Waals surface area contributed by atoms with E-state index in [-0.39, 0.29) is 19.6 Å². The molecule has 96 valence electrons. The van der Waals surface area contributed by atoms with Crippen molar-refractivity contribution in [1.82, 2.24) is 9.44 Å². The molecule has 0 radical (unpaired) electrons. The Morgan fingerprint density at radius 2 is 2.12 bits per heavy atom. The highest BCUT2D eigenvalue weighted by atomic mass is 32.2. The lowest BCUT2D eigenvalue weighted by Crippen LogP contribution is -2.47. The summed E-state index contributed by atoms with van der Waals surface area (Å²) in [5, 5.41) is 8.76. The molecule has 0 aliphatic heterocycles. The fourth-order valence-electron chi connectivity index (χ4n) is 1.03. The van der Waals surface area contributed by atoms with E-state index in [0.29, 0.717) is 6.42 Å². The van der Waals surface area contributed by atoms with Crippen LogP contribution in [0.25, 0.3) is 0 Å². The van der Waals surface area contributed by atoms with Gasteiger partial charge in [0, 0.05) is 13.7 Å². The Morgan fingerprint density at radius 1 is 1.50 bits per heavy atom. The second-order valence-corrected chi connectivity index (χ2v) is 4.72. The lowest BCUT2D eigenvalue weighted by atomic mass is 10.2. The van der Waals surface area contributed by atoms with Gasteiger partial charge in [-0.25, -0.2) is 0 Å². The molecule has 0 fully saturated rings. The average molecular weight is 254 g/mol. The molecular formula is C8H18N2O5S. The first-order valence-electron chi connectivity index (χ1n) is 4.91. The predicted octanol–water partition coefficient (Wildman–Crippen LogP) is -0.690. The number of aliphatic carboxylic acids is 1. The van der Waals surface area contributed by atoms with Gasteiger partial charge in [0.2, 0.25) is 0 Å². The van der Waals surface area contributed by atoms with Crippen molar-refractivity contribution in [3.05, 3.63) is 0 Å². The first-order chi connectivity index (χ1) is 7.43. The van der Waals surface area contributed by atoms with Crippen LogP contribution in [0.3, 0.4) is 0 Å². The number of carboxylic acid groups (broad SMARTS) is 1. The molecule has 7 nitrogen and oxygen atoms in total. The van der Waals surface area contributed by atoms with Crippen molar-refractivity contribution < 1.29 is 23.1 Å². The molecule has 1 unspecified atom stereocenters. The third-order valence-electron chi connectivity index (χ3n) is 1.77. The van der Waals surface area contributed by atoms with E-state index in [1.165, 1.54) is 7.11 Å². The Bertz CT molecular complexity index is 304. The molecule has 0 spiro atoms. The van der Waals surface area contributed by atoms with Crippen molar-refractivity contribution in [3.63, 3.8) is 0 Å². The molecule has 0 saturated heterocycles. The second kappa shape index (κ2) is 7.55. The standard InChI is InChI=1S/C8H18N2O5S/c1-3-4-7(8(11)12)10-16(13,14)9-5-6-15-2/h7,9-10H,3-6H2,1-2H3,(H,11,12). The SMILES string of the molecule is CCCC(NS(=O)(=O)NCCOC)C(=O)O. The van der Waals surface area contributed by atoms with E-state index in [2.05, 4.69) is 14.2 Å². The predicted molar refractivity (Wildman–Crippen MR) is 58.3 cm³/mol. The van der Waals surface area contributed by atoms with Crippen molar-refractivity contribution in [2.75, 3.05) is 20.3 Å². The van der Waals surface area contributed by atoms with Crippen molar-refractivity contribution in [2.45, 2.75) is 25.8 Å². The summed E-state index contributed by atoms with van der Waals surface area (Å²) < 4.78 is 31.6. The molecular weight excluding hydrogens is 236 g/mol. The van der Waals surface area contributed by atoms with E-state index < -0.39 is 22.2 Å². The van der Waals surface area contributed by atoms with E-state index in [1.807, 2.05) is 0 Å². The van der Waals surface area contributed by atoms with Crippen LogP contribution < -0.4 is 9.44 Å². The van der Waals surface area contributed by atoms with E-state index in [4.69, 9.17) is 5.11 Å². The largest absolute Gasteiger partial charge is 0.480 e. The van der Waals surface area contributed by atoms with Crippen LogP contribution >= 0.6 is 0 Å². The molecule has 3 N–H and O–H groups in total. The van der Waals surface area contributed by atoms with Gasteiger partial charge in [-0.3, -0.25) is 4.79 Å².